The summed E-state index contributed by atoms with van der Waals surface area (Å²) < 4.78 is 1.49. The summed E-state index contributed by atoms with van der Waals surface area (Å²) in [4.78, 5) is 40.5. The molecule has 2 aromatic rings. The van der Waals surface area contributed by atoms with Crippen LogP contribution in [0.2, 0.25) is 0 Å². The fourth-order valence-electron chi connectivity index (χ4n) is 2.90. The Hall–Kier alpha value is -2.57. The van der Waals surface area contributed by atoms with E-state index in [1.54, 1.807) is 30.1 Å². The van der Waals surface area contributed by atoms with Gasteiger partial charge in [-0.3, -0.25) is 14.2 Å². The quantitative estimate of drug-likeness (QED) is 0.832. The van der Waals surface area contributed by atoms with E-state index in [0.717, 1.165) is 5.52 Å². The summed E-state index contributed by atoms with van der Waals surface area (Å²) in [6.07, 6.45) is 0.571. The van der Waals surface area contributed by atoms with Gasteiger partial charge in [0, 0.05) is 25.7 Å². The molecule has 1 aromatic heterocycles. The molecule has 1 fully saturated rings. The van der Waals surface area contributed by atoms with Crippen molar-refractivity contribution in [3.8, 4) is 0 Å². The zero-order valence-electron chi connectivity index (χ0n) is 12.5. The van der Waals surface area contributed by atoms with Gasteiger partial charge in [-0.05, 0) is 24.6 Å². The monoisotopic (exact) mass is 302 g/mol. The number of H-pyrrole nitrogens is 1. The molecular weight excluding hydrogens is 284 g/mol. The Bertz CT molecular complexity index is 805. The largest absolute Gasteiger partial charge is 0.353 e. The molecule has 0 spiro atoms. The first-order valence-electron chi connectivity index (χ1n) is 7.30. The van der Waals surface area contributed by atoms with Crippen molar-refractivity contribution in [1.29, 1.82) is 0 Å². The number of rotatable bonds is 2. The van der Waals surface area contributed by atoms with E-state index >= 15 is 0 Å². The number of aryl methyl sites for hydroxylation is 1. The van der Waals surface area contributed by atoms with Crippen molar-refractivity contribution in [3.63, 3.8) is 0 Å². The van der Waals surface area contributed by atoms with Crippen LogP contribution in [-0.2, 0) is 11.8 Å². The van der Waals surface area contributed by atoms with Crippen molar-refractivity contribution in [2.75, 3.05) is 13.1 Å². The SMILES string of the molecule is CCC1C(=O)NCCN1C(=O)c1ccc2c(c1)[nH]c(=O)n2C. The third-order valence-electron chi connectivity index (χ3n) is 4.13. The Morgan fingerprint density at radius 2 is 2.14 bits per heavy atom. The molecule has 22 heavy (non-hydrogen) atoms. The van der Waals surface area contributed by atoms with Crippen LogP contribution in [0.15, 0.2) is 23.0 Å². The first-order chi connectivity index (χ1) is 10.5. The zero-order chi connectivity index (χ0) is 15.9. The number of amides is 2. The lowest BCUT2D eigenvalue weighted by molar-refractivity contribution is -0.127. The number of aromatic nitrogens is 2. The van der Waals surface area contributed by atoms with Gasteiger partial charge in [-0.15, -0.1) is 0 Å². The standard InChI is InChI=1S/C15H18N4O3/c1-3-11-13(20)16-6-7-19(11)14(21)9-4-5-12-10(8-9)17-15(22)18(12)2/h4-5,8,11H,3,6-7H2,1-2H3,(H,16,20)(H,17,22). The fourth-order valence-corrected chi connectivity index (χ4v) is 2.90. The fraction of sp³-hybridized carbons (Fsp3) is 0.400. The Labute approximate surface area is 126 Å². The maximum atomic E-state index is 12.7. The highest BCUT2D eigenvalue weighted by Gasteiger charge is 2.32. The highest BCUT2D eigenvalue weighted by atomic mass is 16.2. The van der Waals surface area contributed by atoms with Crippen molar-refractivity contribution in [3.05, 3.63) is 34.2 Å². The van der Waals surface area contributed by atoms with Gasteiger partial charge in [0.15, 0.2) is 0 Å². The van der Waals surface area contributed by atoms with E-state index in [1.165, 1.54) is 4.57 Å². The van der Waals surface area contributed by atoms with Crippen molar-refractivity contribution < 1.29 is 9.59 Å². The minimum Gasteiger partial charge on any atom is -0.353 e. The first-order valence-corrected chi connectivity index (χ1v) is 7.30. The summed E-state index contributed by atoms with van der Waals surface area (Å²) >= 11 is 0. The van der Waals surface area contributed by atoms with Crippen LogP contribution in [-0.4, -0.2) is 45.4 Å². The number of imidazole rings is 1. The minimum atomic E-state index is -0.438. The topological polar surface area (TPSA) is 87.2 Å². The van der Waals surface area contributed by atoms with Crippen LogP contribution in [0.3, 0.4) is 0 Å². The summed E-state index contributed by atoms with van der Waals surface area (Å²) in [6.45, 7) is 2.84. The van der Waals surface area contributed by atoms with Gasteiger partial charge in [0.05, 0.1) is 11.0 Å². The molecule has 116 valence electrons. The van der Waals surface area contributed by atoms with Gasteiger partial charge in [-0.1, -0.05) is 6.92 Å². The summed E-state index contributed by atoms with van der Waals surface area (Å²) in [5.74, 6) is -0.301. The molecule has 7 nitrogen and oxygen atoms in total. The molecule has 1 aromatic carbocycles. The third kappa shape index (κ3) is 2.18. The average molecular weight is 302 g/mol. The van der Waals surface area contributed by atoms with Crippen molar-refractivity contribution in [1.82, 2.24) is 19.8 Å². The lowest BCUT2D eigenvalue weighted by Crippen LogP contribution is -2.56. The lowest BCUT2D eigenvalue weighted by Gasteiger charge is -2.34. The molecule has 7 heteroatoms. The van der Waals surface area contributed by atoms with Crippen LogP contribution in [0.5, 0.6) is 0 Å². The summed E-state index contributed by atoms with van der Waals surface area (Å²) in [5.41, 5.74) is 1.61. The Morgan fingerprint density at radius 1 is 1.36 bits per heavy atom. The van der Waals surface area contributed by atoms with Crippen molar-refractivity contribution in [2.24, 2.45) is 7.05 Å². The first kappa shape index (κ1) is 14.4. The molecule has 2 N–H and O–H groups in total. The van der Waals surface area contributed by atoms with E-state index in [0.29, 0.717) is 30.6 Å². The van der Waals surface area contributed by atoms with E-state index in [-0.39, 0.29) is 17.5 Å². The minimum absolute atomic E-state index is 0.115. The van der Waals surface area contributed by atoms with Crippen LogP contribution in [0.1, 0.15) is 23.7 Å². The highest BCUT2D eigenvalue weighted by molar-refractivity contribution is 6.00. The Morgan fingerprint density at radius 3 is 2.86 bits per heavy atom. The molecule has 3 rings (SSSR count). The normalized spacial score (nSPS) is 18.5. The second-order valence-corrected chi connectivity index (χ2v) is 5.43. The molecule has 1 saturated heterocycles. The number of nitrogens with zero attached hydrogens (tertiary/aromatic N) is 2. The van der Waals surface area contributed by atoms with Crippen LogP contribution in [0, 0.1) is 0 Å². The smallest absolute Gasteiger partial charge is 0.326 e. The predicted octanol–water partition coefficient (Wildman–Crippen LogP) is 0.217. The van der Waals surface area contributed by atoms with Gasteiger partial charge in [0.25, 0.3) is 5.91 Å². The second-order valence-electron chi connectivity index (χ2n) is 5.43. The number of carbonyl (C=O) groups is 2. The molecule has 1 unspecified atom stereocenters. The number of piperazine rings is 1. The van der Waals surface area contributed by atoms with Crippen molar-refractivity contribution in [2.45, 2.75) is 19.4 Å². The predicted molar refractivity (Wildman–Crippen MR) is 81.7 cm³/mol. The molecule has 0 aliphatic carbocycles. The number of carbonyl (C=O) groups excluding carboxylic acids is 2. The zero-order valence-corrected chi connectivity index (χ0v) is 12.5. The van der Waals surface area contributed by atoms with Crippen molar-refractivity contribution >= 4 is 22.8 Å². The van der Waals surface area contributed by atoms with Gasteiger partial charge in [0.2, 0.25) is 5.91 Å². The number of nitrogens with one attached hydrogen (secondary N) is 2. The van der Waals surface area contributed by atoms with Gasteiger partial charge in [-0.2, -0.15) is 0 Å². The molecule has 1 atom stereocenters. The second kappa shape index (κ2) is 5.32. The number of aromatic amines is 1. The average Bonchev–Trinajstić information content (AvgIpc) is 2.80. The summed E-state index contributed by atoms with van der Waals surface area (Å²) in [7, 11) is 1.67. The van der Waals surface area contributed by atoms with Crippen LogP contribution >= 0.6 is 0 Å². The number of hydrogen-bond donors (Lipinski definition) is 2. The Balaban J connectivity index is 1.97. The molecule has 2 amide bonds. The van der Waals surface area contributed by atoms with E-state index in [2.05, 4.69) is 10.3 Å². The summed E-state index contributed by atoms with van der Waals surface area (Å²) in [5, 5.41) is 2.78. The van der Waals surface area contributed by atoms with Gasteiger partial charge < -0.3 is 15.2 Å². The molecule has 0 saturated carbocycles. The van der Waals surface area contributed by atoms with Crippen LogP contribution < -0.4 is 11.0 Å². The van der Waals surface area contributed by atoms with Gasteiger partial charge in [-0.25, -0.2) is 4.79 Å². The van der Waals surface area contributed by atoms with E-state index in [9.17, 15) is 14.4 Å². The van der Waals surface area contributed by atoms with Gasteiger partial charge >= 0.3 is 5.69 Å². The van der Waals surface area contributed by atoms with Crippen LogP contribution in [0.25, 0.3) is 11.0 Å². The summed E-state index contributed by atoms with van der Waals surface area (Å²) in [6, 6.07) is 4.66. The lowest BCUT2D eigenvalue weighted by atomic mass is 10.1. The van der Waals surface area contributed by atoms with E-state index < -0.39 is 6.04 Å². The van der Waals surface area contributed by atoms with E-state index in [1.807, 2.05) is 6.92 Å². The number of hydrogen-bond acceptors (Lipinski definition) is 3. The molecular formula is C15H18N4O3. The maximum absolute atomic E-state index is 12.7. The number of fused-ring (bicyclic) bond motifs is 1. The van der Waals surface area contributed by atoms with Crippen LogP contribution in [0.4, 0.5) is 0 Å². The maximum Gasteiger partial charge on any atom is 0.326 e. The van der Waals surface area contributed by atoms with Gasteiger partial charge in [0.1, 0.15) is 6.04 Å². The van der Waals surface area contributed by atoms with E-state index in [4.69, 9.17) is 0 Å². The molecule has 1 aliphatic heterocycles. The molecule has 1 aliphatic rings. The number of benzene rings is 1. The molecule has 0 bridgehead atoms. The molecule has 2 heterocycles. The Kier molecular flexibility index (Phi) is 3.48. The highest BCUT2D eigenvalue weighted by Crippen LogP contribution is 2.17. The molecule has 0 radical (unpaired) electrons. The third-order valence-corrected chi connectivity index (χ3v) is 4.13.